The van der Waals surface area contributed by atoms with Gasteiger partial charge in [0.05, 0.1) is 18.4 Å². The minimum atomic E-state index is -0.109. The monoisotopic (exact) mass is 252 g/mol. The summed E-state index contributed by atoms with van der Waals surface area (Å²) < 4.78 is 5.00. The van der Waals surface area contributed by atoms with Crippen LogP contribution in [0.3, 0.4) is 0 Å². The third kappa shape index (κ3) is 4.53. The van der Waals surface area contributed by atoms with Gasteiger partial charge in [-0.2, -0.15) is 0 Å². The van der Waals surface area contributed by atoms with Gasteiger partial charge in [-0.15, -0.1) is 0 Å². The lowest BCUT2D eigenvalue weighted by molar-refractivity contribution is -0.135. The van der Waals surface area contributed by atoms with E-state index in [1.165, 1.54) is 0 Å². The minimum absolute atomic E-state index is 0.105. The van der Waals surface area contributed by atoms with E-state index in [2.05, 4.69) is 20.8 Å². The zero-order valence-electron chi connectivity index (χ0n) is 11.8. The Bertz CT molecular complexity index is 366. The van der Waals surface area contributed by atoms with Gasteiger partial charge in [0.1, 0.15) is 0 Å². The lowest BCUT2D eigenvalue weighted by Crippen LogP contribution is -2.38. The Kier molecular flexibility index (Phi) is 4.96. The van der Waals surface area contributed by atoms with Gasteiger partial charge in [-0.25, -0.2) is 0 Å². The summed E-state index contributed by atoms with van der Waals surface area (Å²) in [6.45, 7) is 7.33. The van der Waals surface area contributed by atoms with Gasteiger partial charge in [0.15, 0.2) is 0 Å². The highest BCUT2D eigenvalue weighted by Gasteiger charge is 2.26. The standard InChI is InChI=1S/C14H24N2O2/c1-14(2,3)7-12(8-15)13(17)16(4)9-11-5-6-18-10-11/h5-6,10,12H,7-9,15H2,1-4H3. The molecule has 0 radical (unpaired) electrons. The van der Waals surface area contributed by atoms with Crippen molar-refractivity contribution in [1.29, 1.82) is 0 Å². The highest BCUT2D eigenvalue weighted by atomic mass is 16.3. The Balaban J connectivity index is 2.60. The Morgan fingerprint density at radius 3 is 2.61 bits per heavy atom. The van der Waals surface area contributed by atoms with Crippen LogP contribution in [0.1, 0.15) is 32.8 Å². The fraction of sp³-hybridized carbons (Fsp3) is 0.643. The molecule has 0 fully saturated rings. The van der Waals surface area contributed by atoms with Crippen LogP contribution in [0.5, 0.6) is 0 Å². The van der Waals surface area contributed by atoms with Crippen LogP contribution < -0.4 is 5.73 Å². The molecular formula is C14H24N2O2. The van der Waals surface area contributed by atoms with Crippen molar-refractivity contribution in [3.63, 3.8) is 0 Å². The van der Waals surface area contributed by atoms with E-state index in [9.17, 15) is 4.79 Å². The molecule has 1 atom stereocenters. The number of furan rings is 1. The van der Waals surface area contributed by atoms with Gasteiger partial charge in [-0.3, -0.25) is 4.79 Å². The Morgan fingerprint density at radius 2 is 2.17 bits per heavy atom. The van der Waals surface area contributed by atoms with Crippen molar-refractivity contribution in [2.75, 3.05) is 13.6 Å². The summed E-state index contributed by atoms with van der Waals surface area (Å²) in [5.41, 5.74) is 6.83. The number of hydrogen-bond acceptors (Lipinski definition) is 3. The SMILES string of the molecule is CN(Cc1ccoc1)C(=O)C(CN)CC(C)(C)C. The van der Waals surface area contributed by atoms with Crippen LogP contribution in [0.25, 0.3) is 0 Å². The van der Waals surface area contributed by atoms with E-state index in [-0.39, 0.29) is 17.2 Å². The van der Waals surface area contributed by atoms with Crippen LogP contribution in [-0.2, 0) is 11.3 Å². The van der Waals surface area contributed by atoms with Crippen molar-refractivity contribution in [1.82, 2.24) is 4.90 Å². The molecule has 4 heteroatoms. The van der Waals surface area contributed by atoms with E-state index in [0.29, 0.717) is 13.1 Å². The van der Waals surface area contributed by atoms with E-state index in [1.807, 2.05) is 6.07 Å². The summed E-state index contributed by atoms with van der Waals surface area (Å²) in [6.07, 6.45) is 4.08. The van der Waals surface area contributed by atoms with Crippen molar-refractivity contribution >= 4 is 5.91 Å². The molecule has 4 nitrogen and oxygen atoms in total. The molecule has 0 aromatic carbocycles. The topological polar surface area (TPSA) is 59.5 Å². The van der Waals surface area contributed by atoms with Crippen molar-refractivity contribution in [3.8, 4) is 0 Å². The first-order valence-corrected chi connectivity index (χ1v) is 6.29. The summed E-state index contributed by atoms with van der Waals surface area (Å²) in [6, 6.07) is 1.87. The second-order valence-electron chi connectivity index (χ2n) is 6.02. The maximum absolute atomic E-state index is 12.3. The molecule has 0 aliphatic heterocycles. The average Bonchev–Trinajstić information content (AvgIpc) is 2.76. The molecule has 0 aliphatic rings. The van der Waals surface area contributed by atoms with Crippen LogP contribution in [-0.4, -0.2) is 24.4 Å². The molecule has 1 amide bonds. The first-order valence-electron chi connectivity index (χ1n) is 6.29. The highest BCUT2D eigenvalue weighted by molar-refractivity contribution is 5.78. The zero-order chi connectivity index (χ0) is 13.8. The van der Waals surface area contributed by atoms with E-state index < -0.39 is 0 Å². The number of hydrogen-bond donors (Lipinski definition) is 1. The van der Waals surface area contributed by atoms with Crippen LogP contribution in [0.15, 0.2) is 23.0 Å². The third-order valence-electron chi connectivity index (χ3n) is 2.87. The Morgan fingerprint density at radius 1 is 1.50 bits per heavy atom. The van der Waals surface area contributed by atoms with Gasteiger partial charge in [-0.1, -0.05) is 20.8 Å². The first-order chi connectivity index (χ1) is 8.33. The van der Waals surface area contributed by atoms with Crippen LogP contribution in [0, 0.1) is 11.3 Å². The van der Waals surface area contributed by atoms with Gasteiger partial charge in [0.2, 0.25) is 5.91 Å². The van der Waals surface area contributed by atoms with Crippen molar-refractivity contribution < 1.29 is 9.21 Å². The molecule has 0 aliphatic carbocycles. The molecular weight excluding hydrogens is 228 g/mol. The number of rotatable bonds is 5. The van der Waals surface area contributed by atoms with Crippen LogP contribution in [0.4, 0.5) is 0 Å². The average molecular weight is 252 g/mol. The molecule has 1 aromatic rings. The molecule has 0 saturated carbocycles. The minimum Gasteiger partial charge on any atom is -0.472 e. The molecule has 102 valence electrons. The van der Waals surface area contributed by atoms with E-state index in [0.717, 1.165) is 12.0 Å². The summed E-state index contributed by atoms with van der Waals surface area (Å²) in [5, 5.41) is 0. The third-order valence-corrected chi connectivity index (χ3v) is 2.87. The predicted molar refractivity (Wildman–Crippen MR) is 71.8 cm³/mol. The number of amides is 1. The quantitative estimate of drug-likeness (QED) is 0.874. The number of nitrogens with zero attached hydrogens (tertiary/aromatic N) is 1. The zero-order valence-corrected chi connectivity index (χ0v) is 11.8. The van der Waals surface area contributed by atoms with Gasteiger partial charge in [-0.05, 0) is 17.9 Å². The second-order valence-corrected chi connectivity index (χ2v) is 6.02. The largest absolute Gasteiger partial charge is 0.472 e. The predicted octanol–water partition coefficient (Wildman–Crippen LogP) is 2.25. The summed E-state index contributed by atoms with van der Waals surface area (Å²) in [4.78, 5) is 14.0. The molecule has 1 aromatic heterocycles. The summed E-state index contributed by atoms with van der Waals surface area (Å²) in [7, 11) is 1.81. The maximum atomic E-state index is 12.3. The van der Waals surface area contributed by atoms with Crippen molar-refractivity contribution in [2.24, 2.45) is 17.1 Å². The van der Waals surface area contributed by atoms with Crippen LogP contribution in [0.2, 0.25) is 0 Å². The number of nitrogens with two attached hydrogens (primary N) is 1. The van der Waals surface area contributed by atoms with E-state index in [4.69, 9.17) is 10.2 Å². The molecule has 1 rings (SSSR count). The molecule has 1 heterocycles. The summed E-state index contributed by atoms with van der Waals surface area (Å²) >= 11 is 0. The Hall–Kier alpha value is -1.29. The van der Waals surface area contributed by atoms with Gasteiger partial charge in [0, 0.05) is 25.7 Å². The number of carbonyl (C=O) groups is 1. The lowest BCUT2D eigenvalue weighted by atomic mass is 9.84. The molecule has 0 spiro atoms. The molecule has 0 saturated heterocycles. The Labute approximate surface area is 109 Å². The molecule has 2 N–H and O–H groups in total. The smallest absolute Gasteiger partial charge is 0.227 e. The van der Waals surface area contributed by atoms with E-state index >= 15 is 0 Å². The highest BCUT2D eigenvalue weighted by Crippen LogP contribution is 2.25. The molecule has 1 unspecified atom stereocenters. The normalized spacial score (nSPS) is 13.4. The second kappa shape index (κ2) is 6.05. The van der Waals surface area contributed by atoms with Crippen molar-refractivity contribution in [3.05, 3.63) is 24.2 Å². The van der Waals surface area contributed by atoms with Gasteiger partial charge in [0.25, 0.3) is 0 Å². The molecule has 18 heavy (non-hydrogen) atoms. The maximum Gasteiger partial charge on any atom is 0.227 e. The fourth-order valence-corrected chi connectivity index (χ4v) is 2.06. The summed E-state index contributed by atoms with van der Waals surface area (Å²) in [5.74, 6) is -0.00414. The van der Waals surface area contributed by atoms with Gasteiger partial charge < -0.3 is 15.1 Å². The van der Waals surface area contributed by atoms with Crippen molar-refractivity contribution in [2.45, 2.75) is 33.7 Å². The molecule has 0 bridgehead atoms. The first kappa shape index (κ1) is 14.8. The number of carbonyl (C=O) groups excluding carboxylic acids is 1. The van der Waals surface area contributed by atoms with Crippen LogP contribution >= 0.6 is 0 Å². The fourth-order valence-electron chi connectivity index (χ4n) is 2.06. The van der Waals surface area contributed by atoms with E-state index in [1.54, 1.807) is 24.5 Å². The van der Waals surface area contributed by atoms with Gasteiger partial charge >= 0.3 is 0 Å². The lowest BCUT2D eigenvalue weighted by Gasteiger charge is -2.27.